The van der Waals surface area contributed by atoms with Crippen LogP contribution in [-0.4, -0.2) is 5.78 Å². The SMILES string of the molecule is CCc1ccc(C(=O)C=CNc2cccc(C(F)(F)F)c2)cc1. The highest BCUT2D eigenvalue weighted by atomic mass is 19.4. The molecule has 0 bridgehead atoms. The van der Waals surface area contributed by atoms with Crippen LogP contribution in [0.3, 0.4) is 0 Å². The van der Waals surface area contributed by atoms with Crippen molar-refractivity contribution in [2.45, 2.75) is 19.5 Å². The molecule has 0 aliphatic heterocycles. The molecule has 0 aromatic heterocycles. The second-order valence-electron chi connectivity index (χ2n) is 4.97. The summed E-state index contributed by atoms with van der Waals surface area (Å²) in [5.41, 5.74) is 1.19. The zero-order chi connectivity index (χ0) is 16.9. The number of rotatable bonds is 5. The fourth-order valence-corrected chi connectivity index (χ4v) is 2.00. The minimum absolute atomic E-state index is 0.216. The lowest BCUT2D eigenvalue weighted by atomic mass is 10.1. The van der Waals surface area contributed by atoms with Crippen molar-refractivity contribution in [1.29, 1.82) is 0 Å². The Balaban J connectivity index is 2.02. The van der Waals surface area contributed by atoms with Crippen molar-refractivity contribution >= 4 is 11.5 Å². The average Bonchev–Trinajstić information content (AvgIpc) is 2.54. The van der Waals surface area contributed by atoms with E-state index in [-0.39, 0.29) is 11.5 Å². The lowest BCUT2D eigenvalue weighted by Crippen LogP contribution is -2.05. The van der Waals surface area contributed by atoms with Crippen molar-refractivity contribution in [3.05, 3.63) is 77.5 Å². The van der Waals surface area contributed by atoms with Gasteiger partial charge in [0, 0.05) is 23.5 Å². The highest BCUT2D eigenvalue weighted by Gasteiger charge is 2.30. The number of ketones is 1. The van der Waals surface area contributed by atoms with Crippen LogP contribution in [-0.2, 0) is 12.6 Å². The molecule has 23 heavy (non-hydrogen) atoms. The summed E-state index contributed by atoms with van der Waals surface area (Å²) in [4.78, 5) is 12.0. The lowest BCUT2D eigenvalue weighted by Gasteiger charge is -2.08. The first-order valence-electron chi connectivity index (χ1n) is 7.14. The molecule has 2 rings (SSSR count). The van der Waals surface area contributed by atoms with Gasteiger partial charge in [-0.15, -0.1) is 0 Å². The van der Waals surface area contributed by atoms with Gasteiger partial charge in [0.15, 0.2) is 5.78 Å². The number of carbonyl (C=O) groups is 1. The zero-order valence-electron chi connectivity index (χ0n) is 12.5. The van der Waals surface area contributed by atoms with Crippen molar-refractivity contribution in [2.75, 3.05) is 5.32 Å². The number of carbonyl (C=O) groups excluding carboxylic acids is 1. The Bertz CT molecular complexity index is 703. The number of anilines is 1. The summed E-state index contributed by atoms with van der Waals surface area (Å²) in [7, 11) is 0. The van der Waals surface area contributed by atoms with Gasteiger partial charge in [0.2, 0.25) is 0 Å². The Kier molecular flexibility index (Phi) is 5.21. The van der Waals surface area contributed by atoms with Gasteiger partial charge in [-0.2, -0.15) is 13.2 Å². The molecule has 0 atom stereocenters. The molecule has 0 heterocycles. The van der Waals surface area contributed by atoms with Crippen LogP contribution in [0, 0.1) is 0 Å². The lowest BCUT2D eigenvalue weighted by molar-refractivity contribution is -0.137. The van der Waals surface area contributed by atoms with Gasteiger partial charge < -0.3 is 5.32 Å². The Morgan fingerprint density at radius 1 is 1.13 bits per heavy atom. The van der Waals surface area contributed by atoms with Crippen LogP contribution in [0.5, 0.6) is 0 Å². The monoisotopic (exact) mass is 319 g/mol. The van der Waals surface area contributed by atoms with Crippen LogP contribution in [0.1, 0.15) is 28.4 Å². The smallest absolute Gasteiger partial charge is 0.362 e. The van der Waals surface area contributed by atoms with Crippen molar-refractivity contribution in [3.8, 4) is 0 Å². The number of hydrogen-bond donors (Lipinski definition) is 1. The number of hydrogen-bond acceptors (Lipinski definition) is 2. The summed E-state index contributed by atoms with van der Waals surface area (Å²) >= 11 is 0. The topological polar surface area (TPSA) is 29.1 Å². The van der Waals surface area contributed by atoms with Crippen molar-refractivity contribution < 1.29 is 18.0 Å². The van der Waals surface area contributed by atoms with E-state index in [2.05, 4.69) is 5.32 Å². The number of aryl methyl sites for hydroxylation is 1. The van der Waals surface area contributed by atoms with E-state index < -0.39 is 11.7 Å². The minimum Gasteiger partial charge on any atom is -0.362 e. The van der Waals surface area contributed by atoms with Gasteiger partial charge >= 0.3 is 6.18 Å². The predicted octanol–water partition coefficient (Wildman–Crippen LogP) is 5.08. The van der Waals surface area contributed by atoms with Crippen LogP contribution < -0.4 is 5.32 Å². The summed E-state index contributed by atoms with van der Waals surface area (Å²) < 4.78 is 37.8. The molecule has 1 N–H and O–H groups in total. The zero-order valence-corrected chi connectivity index (χ0v) is 12.5. The van der Waals surface area contributed by atoms with E-state index in [1.165, 1.54) is 24.4 Å². The molecular weight excluding hydrogens is 303 g/mol. The maximum Gasteiger partial charge on any atom is 0.416 e. The summed E-state index contributed by atoms with van der Waals surface area (Å²) in [5, 5.41) is 2.68. The number of benzene rings is 2. The first-order chi connectivity index (χ1) is 10.9. The van der Waals surface area contributed by atoms with E-state index in [0.29, 0.717) is 5.56 Å². The second kappa shape index (κ2) is 7.13. The molecule has 0 amide bonds. The number of allylic oxidation sites excluding steroid dienone is 1. The van der Waals surface area contributed by atoms with Gasteiger partial charge in [0.05, 0.1) is 5.56 Å². The molecule has 0 fully saturated rings. The first-order valence-corrected chi connectivity index (χ1v) is 7.14. The van der Waals surface area contributed by atoms with Crippen LogP contribution in [0.4, 0.5) is 18.9 Å². The Morgan fingerprint density at radius 2 is 1.83 bits per heavy atom. The predicted molar refractivity (Wildman–Crippen MR) is 84.4 cm³/mol. The van der Waals surface area contributed by atoms with Gasteiger partial charge in [-0.3, -0.25) is 4.79 Å². The van der Waals surface area contributed by atoms with E-state index in [1.807, 2.05) is 19.1 Å². The molecule has 0 saturated carbocycles. The maximum atomic E-state index is 12.6. The van der Waals surface area contributed by atoms with Gasteiger partial charge in [-0.25, -0.2) is 0 Å². The number of nitrogens with one attached hydrogen (secondary N) is 1. The van der Waals surface area contributed by atoms with Crippen molar-refractivity contribution in [3.63, 3.8) is 0 Å². The second-order valence-corrected chi connectivity index (χ2v) is 4.97. The third-order valence-corrected chi connectivity index (χ3v) is 3.32. The van der Waals surface area contributed by atoms with Crippen LogP contribution >= 0.6 is 0 Å². The molecule has 2 aromatic carbocycles. The van der Waals surface area contributed by atoms with Gasteiger partial charge in [-0.05, 0) is 30.2 Å². The van der Waals surface area contributed by atoms with E-state index in [0.717, 1.165) is 24.1 Å². The summed E-state index contributed by atoms with van der Waals surface area (Å²) in [6.45, 7) is 2.02. The molecule has 5 heteroatoms. The fourth-order valence-electron chi connectivity index (χ4n) is 2.00. The van der Waals surface area contributed by atoms with Crippen molar-refractivity contribution in [2.24, 2.45) is 0 Å². The normalized spacial score (nSPS) is 11.7. The van der Waals surface area contributed by atoms with Crippen molar-refractivity contribution in [1.82, 2.24) is 0 Å². The largest absolute Gasteiger partial charge is 0.416 e. The Morgan fingerprint density at radius 3 is 2.43 bits per heavy atom. The van der Waals surface area contributed by atoms with E-state index >= 15 is 0 Å². The molecule has 0 spiro atoms. The van der Waals surface area contributed by atoms with Crippen LogP contribution in [0.2, 0.25) is 0 Å². The standard InChI is InChI=1S/C18H16F3NO/c1-2-13-6-8-14(9-7-13)17(23)10-11-22-16-5-3-4-15(12-16)18(19,20)21/h3-12,22H,2H2,1H3. The Hall–Kier alpha value is -2.56. The summed E-state index contributed by atoms with van der Waals surface area (Å²) in [6.07, 6.45) is -0.869. The summed E-state index contributed by atoms with van der Waals surface area (Å²) in [5.74, 6) is -0.216. The molecule has 0 unspecified atom stereocenters. The fraction of sp³-hybridized carbons (Fsp3) is 0.167. The molecule has 120 valence electrons. The average molecular weight is 319 g/mol. The highest BCUT2D eigenvalue weighted by Crippen LogP contribution is 2.30. The van der Waals surface area contributed by atoms with E-state index in [4.69, 9.17) is 0 Å². The molecular formula is C18H16F3NO. The van der Waals surface area contributed by atoms with Gasteiger partial charge in [0.1, 0.15) is 0 Å². The first kappa shape index (κ1) is 16.8. The van der Waals surface area contributed by atoms with Crippen LogP contribution in [0.25, 0.3) is 0 Å². The highest BCUT2D eigenvalue weighted by molar-refractivity contribution is 6.04. The van der Waals surface area contributed by atoms with E-state index in [9.17, 15) is 18.0 Å². The minimum atomic E-state index is -4.39. The molecule has 2 nitrogen and oxygen atoms in total. The molecule has 0 saturated heterocycles. The summed E-state index contributed by atoms with van der Waals surface area (Å²) in [6, 6.07) is 12.0. The molecule has 0 aliphatic carbocycles. The third kappa shape index (κ3) is 4.71. The molecule has 0 radical (unpaired) electrons. The van der Waals surface area contributed by atoms with Gasteiger partial charge in [-0.1, -0.05) is 37.3 Å². The Labute approximate surface area is 132 Å². The third-order valence-electron chi connectivity index (χ3n) is 3.32. The van der Waals surface area contributed by atoms with Crippen LogP contribution in [0.15, 0.2) is 60.8 Å². The molecule has 0 aliphatic rings. The number of alkyl halides is 3. The molecule has 2 aromatic rings. The van der Waals surface area contributed by atoms with Gasteiger partial charge in [0.25, 0.3) is 0 Å². The maximum absolute atomic E-state index is 12.6. The quantitative estimate of drug-likeness (QED) is 0.615. The van der Waals surface area contributed by atoms with E-state index in [1.54, 1.807) is 12.1 Å². The number of halogens is 3.